The maximum Gasteiger partial charge on any atom is 0.338 e. The van der Waals surface area contributed by atoms with Gasteiger partial charge < -0.3 is 23.7 Å². The van der Waals surface area contributed by atoms with Crippen LogP contribution < -0.4 is 4.74 Å². The van der Waals surface area contributed by atoms with E-state index < -0.39 is 17.9 Å². The number of carbonyl (C=O) groups excluding carboxylic acids is 2. The van der Waals surface area contributed by atoms with Crippen LogP contribution in [0.5, 0.6) is 5.75 Å². The summed E-state index contributed by atoms with van der Waals surface area (Å²) >= 11 is 6.09. The summed E-state index contributed by atoms with van der Waals surface area (Å²) in [6.07, 6.45) is 3.68. The molecule has 2 saturated heterocycles. The van der Waals surface area contributed by atoms with E-state index in [1.54, 1.807) is 30.3 Å². The molecular formula is C32H29ClO7. The van der Waals surface area contributed by atoms with Crippen molar-refractivity contribution in [3.8, 4) is 16.9 Å². The molecule has 3 aromatic rings. The molecule has 1 saturated carbocycles. The fourth-order valence-electron chi connectivity index (χ4n) is 5.62. The minimum absolute atomic E-state index is 0.102. The monoisotopic (exact) mass is 560 g/mol. The number of halogens is 1. The van der Waals surface area contributed by atoms with E-state index in [0.29, 0.717) is 36.0 Å². The number of ether oxygens (including phenoxy) is 5. The molecule has 3 fully saturated rings. The lowest BCUT2D eigenvalue weighted by atomic mass is 9.91. The number of esters is 2. The molecule has 3 aliphatic rings. The average Bonchev–Trinajstić information content (AvgIpc) is 3.66. The number of hydrogen-bond donors (Lipinski definition) is 0. The third-order valence-electron chi connectivity index (χ3n) is 7.62. The number of fused-ring (bicyclic) bond motifs is 1. The number of rotatable bonds is 8. The topological polar surface area (TPSA) is 80.3 Å². The molecule has 8 heteroatoms. The molecule has 3 aromatic carbocycles. The predicted octanol–water partition coefficient (Wildman–Crippen LogP) is 5.86. The van der Waals surface area contributed by atoms with Crippen molar-refractivity contribution < 1.29 is 33.3 Å². The molecule has 0 N–H and O–H groups in total. The predicted molar refractivity (Wildman–Crippen MR) is 148 cm³/mol. The van der Waals surface area contributed by atoms with Crippen LogP contribution in [0.25, 0.3) is 11.1 Å². The molecule has 6 rings (SSSR count). The summed E-state index contributed by atoms with van der Waals surface area (Å²) in [7, 11) is 0. The van der Waals surface area contributed by atoms with Gasteiger partial charge in [-0.05, 0) is 47.5 Å². The van der Waals surface area contributed by atoms with E-state index in [9.17, 15) is 9.59 Å². The van der Waals surface area contributed by atoms with Crippen LogP contribution in [0.4, 0.5) is 0 Å². The molecule has 7 nitrogen and oxygen atoms in total. The van der Waals surface area contributed by atoms with Crippen LogP contribution in [0.1, 0.15) is 23.2 Å². The fourth-order valence-corrected chi connectivity index (χ4v) is 5.80. The van der Waals surface area contributed by atoms with E-state index in [-0.39, 0.29) is 36.9 Å². The molecule has 4 unspecified atom stereocenters. The molecule has 0 radical (unpaired) electrons. The van der Waals surface area contributed by atoms with Crippen LogP contribution in [-0.4, -0.2) is 49.8 Å². The van der Waals surface area contributed by atoms with Gasteiger partial charge in [0.2, 0.25) is 5.79 Å². The van der Waals surface area contributed by atoms with Gasteiger partial charge in [-0.1, -0.05) is 66.2 Å². The van der Waals surface area contributed by atoms with Crippen LogP contribution in [0.2, 0.25) is 5.02 Å². The highest BCUT2D eigenvalue weighted by Gasteiger charge is 2.51. The average molecular weight is 561 g/mol. The van der Waals surface area contributed by atoms with Gasteiger partial charge in [0.25, 0.3) is 0 Å². The van der Waals surface area contributed by atoms with Crippen molar-refractivity contribution in [2.45, 2.75) is 30.8 Å². The second-order valence-corrected chi connectivity index (χ2v) is 10.6. The summed E-state index contributed by atoms with van der Waals surface area (Å²) in [6, 6.07) is 24.4. The highest BCUT2D eigenvalue weighted by molar-refractivity contribution is 6.30. The quantitative estimate of drug-likeness (QED) is 0.252. The standard InChI is InChI=1S/C32H29ClO7/c33-24-7-4-8-25(17-24)36-20-32(37-15-16-38-32)14-13-26-27-18-30(34)39-29(27)19-28(26)40-31(35)23-11-9-22(10-12-23)21-5-2-1-3-6-21/h1-14,17,26-29H,15-16,18-20H2/b14-13+. The molecule has 4 atom stereocenters. The van der Waals surface area contributed by atoms with E-state index >= 15 is 0 Å². The highest BCUT2D eigenvalue weighted by atomic mass is 35.5. The van der Waals surface area contributed by atoms with Crippen LogP contribution >= 0.6 is 11.6 Å². The van der Waals surface area contributed by atoms with Crippen molar-refractivity contribution in [3.63, 3.8) is 0 Å². The number of benzene rings is 3. The molecule has 1 aliphatic carbocycles. The zero-order valence-corrected chi connectivity index (χ0v) is 22.5. The highest BCUT2D eigenvalue weighted by Crippen LogP contribution is 2.44. The van der Waals surface area contributed by atoms with Crippen molar-refractivity contribution in [1.82, 2.24) is 0 Å². The molecule has 2 aliphatic heterocycles. The van der Waals surface area contributed by atoms with Crippen molar-refractivity contribution in [1.29, 1.82) is 0 Å². The third-order valence-corrected chi connectivity index (χ3v) is 7.86. The maximum atomic E-state index is 13.2. The summed E-state index contributed by atoms with van der Waals surface area (Å²) in [4.78, 5) is 25.2. The van der Waals surface area contributed by atoms with E-state index in [4.69, 9.17) is 35.3 Å². The Kier molecular flexibility index (Phi) is 7.61. The summed E-state index contributed by atoms with van der Waals surface area (Å²) in [5.74, 6) is -1.51. The van der Waals surface area contributed by atoms with E-state index in [1.807, 2.05) is 60.7 Å². The van der Waals surface area contributed by atoms with E-state index in [2.05, 4.69) is 0 Å². The summed E-state index contributed by atoms with van der Waals surface area (Å²) in [5, 5.41) is 0.567. The largest absolute Gasteiger partial charge is 0.488 e. The van der Waals surface area contributed by atoms with E-state index in [1.165, 1.54) is 0 Å². The molecule has 2 heterocycles. The molecule has 0 bridgehead atoms. The first-order valence-corrected chi connectivity index (χ1v) is 13.8. The third kappa shape index (κ3) is 5.77. The smallest absolute Gasteiger partial charge is 0.338 e. The Bertz CT molecular complexity index is 1380. The molecule has 0 spiro atoms. The summed E-state index contributed by atoms with van der Waals surface area (Å²) in [6.45, 7) is 0.941. The number of carbonyl (C=O) groups is 2. The lowest BCUT2D eigenvalue weighted by Crippen LogP contribution is -2.36. The molecule has 0 amide bonds. The second kappa shape index (κ2) is 11.5. The normalized spacial score (nSPS) is 25.1. The van der Waals surface area contributed by atoms with Crippen LogP contribution in [0.3, 0.4) is 0 Å². The Labute approximate surface area is 237 Å². The zero-order valence-electron chi connectivity index (χ0n) is 21.7. The van der Waals surface area contributed by atoms with Gasteiger partial charge in [0.05, 0.1) is 25.2 Å². The Morgan fingerprint density at radius 1 is 0.975 bits per heavy atom. The van der Waals surface area contributed by atoms with Crippen molar-refractivity contribution in [2.24, 2.45) is 11.8 Å². The fraction of sp³-hybridized carbons (Fsp3) is 0.312. The molecule has 206 valence electrons. The van der Waals surface area contributed by atoms with E-state index in [0.717, 1.165) is 11.1 Å². The van der Waals surface area contributed by atoms with Crippen LogP contribution in [-0.2, 0) is 23.7 Å². The summed E-state index contributed by atoms with van der Waals surface area (Å²) < 4.78 is 29.4. The van der Waals surface area contributed by atoms with Crippen molar-refractivity contribution in [3.05, 3.63) is 102 Å². The first-order valence-electron chi connectivity index (χ1n) is 13.4. The minimum Gasteiger partial charge on any atom is -0.488 e. The Morgan fingerprint density at radius 2 is 1.73 bits per heavy atom. The Morgan fingerprint density at radius 3 is 2.48 bits per heavy atom. The van der Waals surface area contributed by atoms with Gasteiger partial charge >= 0.3 is 11.9 Å². The Hall–Kier alpha value is -3.65. The number of hydrogen-bond acceptors (Lipinski definition) is 7. The maximum absolute atomic E-state index is 13.2. The van der Waals surface area contributed by atoms with Crippen LogP contribution in [0.15, 0.2) is 91.0 Å². The zero-order chi connectivity index (χ0) is 27.5. The van der Waals surface area contributed by atoms with Gasteiger partial charge in [-0.25, -0.2) is 4.79 Å². The molecule has 0 aromatic heterocycles. The van der Waals surface area contributed by atoms with Crippen molar-refractivity contribution in [2.75, 3.05) is 19.8 Å². The van der Waals surface area contributed by atoms with Gasteiger partial charge in [-0.15, -0.1) is 0 Å². The van der Waals surface area contributed by atoms with Gasteiger partial charge in [0.15, 0.2) is 0 Å². The van der Waals surface area contributed by atoms with Gasteiger partial charge in [0.1, 0.15) is 24.6 Å². The SMILES string of the molecule is O=C1CC2C(CC(OC(=O)c3ccc(-c4ccccc4)cc3)C2/C=C/C2(COc3cccc(Cl)c3)OCCO2)O1. The van der Waals surface area contributed by atoms with Gasteiger partial charge in [-0.3, -0.25) is 4.79 Å². The minimum atomic E-state index is -1.11. The first-order chi connectivity index (χ1) is 19.5. The first kappa shape index (κ1) is 26.6. The lowest BCUT2D eigenvalue weighted by molar-refractivity contribution is -0.141. The molecular weight excluding hydrogens is 532 g/mol. The van der Waals surface area contributed by atoms with Gasteiger partial charge in [-0.2, -0.15) is 0 Å². The van der Waals surface area contributed by atoms with Gasteiger partial charge in [0, 0.05) is 23.3 Å². The molecule has 40 heavy (non-hydrogen) atoms. The van der Waals surface area contributed by atoms with Crippen molar-refractivity contribution >= 4 is 23.5 Å². The Balaban J connectivity index is 1.17. The van der Waals surface area contributed by atoms with Crippen LogP contribution in [0, 0.1) is 11.8 Å². The summed E-state index contributed by atoms with van der Waals surface area (Å²) in [5.41, 5.74) is 2.55. The second-order valence-electron chi connectivity index (χ2n) is 10.2. The lowest BCUT2D eigenvalue weighted by Gasteiger charge is -2.26.